The molecule has 0 aliphatic heterocycles. The molecule has 9 nitrogen and oxygen atoms in total. The molecule has 0 radical (unpaired) electrons. The van der Waals surface area contributed by atoms with Crippen LogP contribution in [0.15, 0.2) is 66.0 Å². The topological polar surface area (TPSA) is 98.6 Å². The molecule has 2 aromatic carbocycles. The van der Waals surface area contributed by atoms with Crippen molar-refractivity contribution in [2.75, 3.05) is 32.3 Å². The third-order valence-electron chi connectivity index (χ3n) is 5.24. The molecule has 34 heavy (non-hydrogen) atoms. The number of hydrogen-bond donors (Lipinski definition) is 1. The largest absolute Gasteiger partial charge is 0.495 e. The Hall–Kier alpha value is -3.76. The Kier molecular flexibility index (Phi) is 7.51. The summed E-state index contributed by atoms with van der Waals surface area (Å²) in [6, 6.07) is 17.3. The van der Waals surface area contributed by atoms with Gasteiger partial charge in [-0.25, -0.2) is 4.68 Å². The van der Waals surface area contributed by atoms with Crippen LogP contribution in [0.25, 0.3) is 11.0 Å². The average Bonchev–Trinajstić information content (AvgIpc) is 3.53. The smallest absolute Gasteiger partial charge is 0.249 e. The SMILES string of the molecule is COCCNC(=O)[C@H](c1cccs1)N(C(=O)Cn1nnc2ccccc21)c1ccccc1OC. The van der Waals surface area contributed by atoms with Crippen LogP contribution in [0.4, 0.5) is 5.69 Å². The van der Waals surface area contributed by atoms with Gasteiger partial charge in [-0.15, -0.1) is 16.4 Å². The molecule has 0 fully saturated rings. The van der Waals surface area contributed by atoms with Gasteiger partial charge in [-0.2, -0.15) is 0 Å². The van der Waals surface area contributed by atoms with Crippen molar-refractivity contribution in [1.29, 1.82) is 0 Å². The molecular formula is C24H25N5O4S. The number of benzene rings is 2. The van der Waals surface area contributed by atoms with E-state index in [1.165, 1.54) is 28.0 Å². The molecule has 2 aromatic heterocycles. The number of amides is 2. The van der Waals surface area contributed by atoms with E-state index >= 15 is 0 Å². The number of anilines is 1. The number of nitrogens with one attached hydrogen (secondary N) is 1. The normalized spacial score (nSPS) is 11.8. The van der Waals surface area contributed by atoms with Crippen molar-refractivity contribution in [3.8, 4) is 5.75 Å². The molecule has 0 aliphatic rings. The minimum atomic E-state index is -0.907. The molecule has 1 N–H and O–H groups in total. The van der Waals surface area contributed by atoms with Crippen molar-refractivity contribution in [3.05, 3.63) is 70.9 Å². The summed E-state index contributed by atoms with van der Waals surface area (Å²) in [6.07, 6.45) is 0. The van der Waals surface area contributed by atoms with Gasteiger partial charge >= 0.3 is 0 Å². The van der Waals surface area contributed by atoms with Gasteiger partial charge < -0.3 is 14.8 Å². The number of carbonyl (C=O) groups excluding carboxylic acids is 2. The van der Waals surface area contributed by atoms with E-state index in [2.05, 4.69) is 15.6 Å². The van der Waals surface area contributed by atoms with Crippen molar-refractivity contribution in [1.82, 2.24) is 20.3 Å². The first-order valence-corrected chi connectivity index (χ1v) is 11.6. The highest BCUT2D eigenvalue weighted by atomic mass is 32.1. The fourth-order valence-corrected chi connectivity index (χ4v) is 4.49. The summed E-state index contributed by atoms with van der Waals surface area (Å²) in [5.74, 6) is -0.173. The van der Waals surface area contributed by atoms with Crippen molar-refractivity contribution in [3.63, 3.8) is 0 Å². The molecule has 176 valence electrons. The molecule has 0 aliphatic carbocycles. The molecule has 2 amide bonds. The van der Waals surface area contributed by atoms with E-state index in [0.717, 1.165) is 10.4 Å². The molecule has 4 aromatic rings. The first-order valence-electron chi connectivity index (χ1n) is 10.7. The minimum absolute atomic E-state index is 0.105. The van der Waals surface area contributed by atoms with Gasteiger partial charge in [-0.05, 0) is 35.7 Å². The Balaban J connectivity index is 1.77. The molecular weight excluding hydrogens is 454 g/mol. The Labute approximate surface area is 200 Å². The van der Waals surface area contributed by atoms with Gasteiger partial charge in [-0.1, -0.05) is 35.5 Å². The summed E-state index contributed by atoms with van der Waals surface area (Å²) in [4.78, 5) is 29.5. The number of nitrogens with zero attached hydrogens (tertiary/aromatic N) is 4. The van der Waals surface area contributed by atoms with E-state index < -0.39 is 6.04 Å². The zero-order valence-corrected chi connectivity index (χ0v) is 19.7. The molecule has 10 heteroatoms. The molecule has 0 spiro atoms. The number of carbonyl (C=O) groups is 2. The third kappa shape index (κ3) is 4.92. The van der Waals surface area contributed by atoms with Crippen LogP contribution in [0, 0.1) is 0 Å². The molecule has 1 atom stereocenters. The Bertz CT molecular complexity index is 1260. The van der Waals surface area contributed by atoms with Crippen LogP contribution in [-0.4, -0.2) is 54.2 Å². The number of fused-ring (bicyclic) bond motifs is 1. The summed E-state index contributed by atoms with van der Waals surface area (Å²) in [5, 5.41) is 13.1. The minimum Gasteiger partial charge on any atom is -0.495 e. The van der Waals surface area contributed by atoms with Crippen LogP contribution in [0.2, 0.25) is 0 Å². The predicted octanol–water partition coefficient (Wildman–Crippen LogP) is 3.04. The van der Waals surface area contributed by atoms with Crippen molar-refractivity contribution >= 4 is 39.9 Å². The highest BCUT2D eigenvalue weighted by molar-refractivity contribution is 7.10. The number of rotatable bonds is 10. The quantitative estimate of drug-likeness (QED) is 0.351. The van der Waals surface area contributed by atoms with Crippen LogP contribution < -0.4 is 15.0 Å². The number of ether oxygens (including phenoxy) is 2. The fraction of sp³-hybridized carbons (Fsp3) is 0.250. The lowest BCUT2D eigenvalue weighted by atomic mass is 10.1. The van der Waals surface area contributed by atoms with Crippen LogP contribution in [-0.2, 0) is 20.9 Å². The summed E-state index contributed by atoms with van der Waals surface area (Å²) >= 11 is 1.40. The van der Waals surface area contributed by atoms with Crippen molar-refractivity contribution in [2.45, 2.75) is 12.6 Å². The standard InChI is InChI=1S/C24H25N5O4S/c1-32-14-13-25-24(31)23(21-12-7-15-34-21)29(19-10-5-6-11-20(19)33-2)22(30)16-28-18-9-4-3-8-17(18)26-27-28/h3-12,15,23H,13-14,16H2,1-2H3,(H,25,31)/t23-/m0/s1. The first kappa shape index (κ1) is 23.4. The lowest BCUT2D eigenvalue weighted by molar-refractivity contribution is -0.127. The van der Waals surface area contributed by atoms with Gasteiger partial charge in [-0.3, -0.25) is 14.5 Å². The Morgan fingerprint density at radius 3 is 2.65 bits per heavy atom. The van der Waals surface area contributed by atoms with Crippen LogP contribution >= 0.6 is 11.3 Å². The molecule has 2 heterocycles. The monoisotopic (exact) mass is 479 g/mol. The van der Waals surface area contributed by atoms with Gasteiger partial charge in [0.25, 0.3) is 0 Å². The lowest BCUT2D eigenvalue weighted by Gasteiger charge is -2.31. The van der Waals surface area contributed by atoms with Crippen molar-refractivity contribution in [2.24, 2.45) is 0 Å². The van der Waals surface area contributed by atoms with E-state index in [0.29, 0.717) is 30.1 Å². The highest BCUT2D eigenvalue weighted by Gasteiger charge is 2.35. The van der Waals surface area contributed by atoms with Crippen LogP contribution in [0.1, 0.15) is 10.9 Å². The maximum Gasteiger partial charge on any atom is 0.249 e. The number of para-hydroxylation sites is 3. The summed E-state index contributed by atoms with van der Waals surface area (Å²) in [5.41, 5.74) is 1.90. The average molecular weight is 480 g/mol. The molecule has 0 bridgehead atoms. The van der Waals surface area contributed by atoms with E-state index in [1.807, 2.05) is 47.8 Å². The van der Waals surface area contributed by atoms with Gasteiger partial charge in [0.2, 0.25) is 11.8 Å². The van der Waals surface area contributed by atoms with Crippen molar-refractivity contribution < 1.29 is 19.1 Å². The summed E-state index contributed by atoms with van der Waals surface area (Å²) in [7, 11) is 3.10. The van der Waals surface area contributed by atoms with Crippen LogP contribution in [0.3, 0.4) is 0 Å². The fourth-order valence-electron chi connectivity index (χ4n) is 3.68. The van der Waals surface area contributed by atoms with Crippen LogP contribution in [0.5, 0.6) is 5.75 Å². The maximum absolute atomic E-state index is 13.9. The molecule has 0 unspecified atom stereocenters. The highest BCUT2D eigenvalue weighted by Crippen LogP contribution is 2.36. The third-order valence-corrected chi connectivity index (χ3v) is 6.17. The van der Waals surface area contributed by atoms with E-state index in [4.69, 9.17) is 9.47 Å². The lowest BCUT2D eigenvalue weighted by Crippen LogP contribution is -2.45. The second kappa shape index (κ2) is 10.9. The Morgan fingerprint density at radius 2 is 1.88 bits per heavy atom. The number of aromatic nitrogens is 3. The molecule has 0 saturated heterocycles. The van der Waals surface area contributed by atoms with Gasteiger partial charge in [0.05, 0.1) is 24.9 Å². The first-order chi connectivity index (χ1) is 16.6. The number of thiophene rings is 1. The van der Waals surface area contributed by atoms with Gasteiger partial charge in [0.1, 0.15) is 23.9 Å². The second-order valence-electron chi connectivity index (χ2n) is 7.37. The van der Waals surface area contributed by atoms with E-state index in [9.17, 15) is 9.59 Å². The zero-order chi connectivity index (χ0) is 23.9. The predicted molar refractivity (Wildman–Crippen MR) is 130 cm³/mol. The zero-order valence-electron chi connectivity index (χ0n) is 18.9. The summed E-state index contributed by atoms with van der Waals surface area (Å²) < 4.78 is 12.2. The van der Waals surface area contributed by atoms with E-state index in [1.54, 1.807) is 25.3 Å². The van der Waals surface area contributed by atoms with Gasteiger partial charge in [0.15, 0.2) is 0 Å². The Morgan fingerprint density at radius 1 is 1.09 bits per heavy atom. The molecule has 0 saturated carbocycles. The molecule has 4 rings (SSSR count). The number of methoxy groups -OCH3 is 2. The number of hydrogen-bond acceptors (Lipinski definition) is 7. The van der Waals surface area contributed by atoms with Gasteiger partial charge in [0, 0.05) is 18.5 Å². The van der Waals surface area contributed by atoms with E-state index in [-0.39, 0.29) is 18.4 Å². The summed E-state index contributed by atoms with van der Waals surface area (Å²) in [6.45, 7) is 0.571. The maximum atomic E-state index is 13.9. The second-order valence-corrected chi connectivity index (χ2v) is 8.35.